The minimum Gasteiger partial charge on any atom is -0.378 e. The maximum Gasteiger partial charge on any atom is 0.266 e. The Morgan fingerprint density at radius 2 is 2.05 bits per heavy atom. The van der Waals surface area contributed by atoms with Crippen LogP contribution in [-0.4, -0.2) is 49.0 Å². The van der Waals surface area contributed by atoms with Gasteiger partial charge >= 0.3 is 0 Å². The molecule has 1 aliphatic rings. The molecule has 19 heavy (non-hydrogen) atoms. The van der Waals surface area contributed by atoms with Crippen molar-refractivity contribution < 1.29 is 9.26 Å². The fourth-order valence-corrected chi connectivity index (χ4v) is 2.26. The Morgan fingerprint density at radius 1 is 1.32 bits per heavy atom. The van der Waals surface area contributed by atoms with Crippen LogP contribution in [0.1, 0.15) is 32.6 Å². The van der Waals surface area contributed by atoms with Gasteiger partial charge in [0.25, 0.3) is 5.95 Å². The highest BCUT2D eigenvalue weighted by molar-refractivity contribution is 5.26. The standard InChI is InChI=1S/C13H24N4O2/c1-3-17(4-2)13-15-12(19-16-13)7-10-18-11-5-8-14-9-6-11/h11,14H,3-10H2,1-2H3. The highest BCUT2D eigenvalue weighted by Gasteiger charge is 2.15. The van der Waals surface area contributed by atoms with Gasteiger partial charge in [-0.1, -0.05) is 0 Å². The molecule has 1 N–H and O–H groups in total. The summed E-state index contributed by atoms with van der Waals surface area (Å²) in [5, 5.41) is 7.32. The summed E-state index contributed by atoms with van der Waals surface area (Å²) < 4.78 is 11.1. The van der Waals surface area contributed by atoms with Crippen molar-refractivity contribution in [3.05, 3.63) is 5.89 Å². The van der Waals surface area contributed by atoms with Crippen molar-refractivity contribution in [1.29, 1.82) is 0 Å². The molecular formula is C13H24N4O2. The number of nitrogens with one attached hydrogen (secondary N) is 1. The van der Waals surface area contributed by atoms with E-state index in [1.807, 2.05) is 0 Å². The number of hydrogen-bond acceptors (Lipinski definition) is 6. The van der Waals surface area contributed by atoms with E-state index in [2.05, 4.69) is 34.2 Å². The summed E-state index contributed by atoms with van der Waals surface area (Å²) in [4.78, 5) is 6.46. The highest BCUT2D eigenvalue weighted by Crippen LogP contribution is 2.11. The van der Waals surface area contributed by atoms with Gasteiger partial charge in [-0.2, -0.15) is 4.98 Å². The average Bonchev–Trinajstić information content (AvgIpc) is 2.90. The molecule has 2 heterocycles. The molecule has 0 bridgehead atoms. The lowest BCUT2D eigenvalue weighted by molar-refractivity contribution is 0.0322. The molecule has 0 aliphatic carbocycles. The van der Waals surface area contributed by atoms with Crippen LogP contribution in [0.2, 0.25) is 0 Å². The average molecular weight is 268 g/mol. The van der Waals surface area contributed by atoms with E-state index in [4.69, 9.17) is 9.26 Å². The van der Waals surface area contributed by atoms with Crippen LogP contribution in [-0.2, 0) is 11.2 Å². The van der Waals surface area contributed by atoms with Gasteiger partial charge in [-0.05, 0) is 44.9 Å². The predicted octanol–water partition coefficient (Wildman–Crippen LogP) is 1.23. The van der Waals surface area contributed by atoms with E-state index >= 15 is 0 Å². The Hall–Kier alpha value is -1.14. The molecule has 0 radical (unpaired) electrons. The van der Waals surface area contributed by atoms with Crippen molar-refractivity contribution in [3.63, 3.8) is 0 Å². The number of piperidine rings is 1. The number of rotatable bonds is 7. The highest BCUT2D eigenvalue weighted by atomic mass is 16.5. The third kappa shape index (κ3) is 4.18. The first-order valence-electron chi connectivity index (χ1n) is 7.23. The van der Waals surface area contributed by atoms with Gasteiger partial charge in [0.15, 0.2) is 0 Å². The van der Waals surface area contributed by atoms with Crippen LogP contribution >= 0.6 is 0 Å². The molecule has 108 valence electrons. The lowest BCUT2D eigenvalue weighted by atomic mass is 10.1. The molecule has 1 aromatic rings. The van der Waals surface area contributed by atoms with Gasteiger partial charge in [-0.15, -0.1) is 0 Å². The second-order valence-electron chi connectivity index (χ2n) is 4.73. The van der Waals surface area contributed by atoms with Gasteiger partial charge in [0.1, 0.15) is 0 Å². The molecule has 0 aromatic carbocycles. The van der Waals surface area contributed by atoms with Crippen LogP contribution in [0.25, 0.3) is 0 Å². The number of anilines is 1. The van der Waals surface area contributed by atoms with Gasteiger partial charge in [-0.3, -0.25) is 0 Å². The third-order valence-electron chi connectivity index (χ3n) is 3.46. The number of hydrogen-bond donors (Lipinski definition) is 1. The van der Waals surface area contributed by atoms with Crippen LogP contribution in [0.5, 0.6) is 0 Å². The predicted molar refractivity (Wildman–Crippen MR) is 73.4 cm³/mol. The number of ether oxygens (including phenoxy) is 1. The fourth-order valence-electron chi connectivity index (χ4n) is 2.26. The second-order valence-corrected chi connectivity index (χ2v) is 4.73. The molecule has 6 heteroatoms. The van der Waals surface area contributed by atoms with Crippen molar-refractivity contribution in [1.82, 2.24) is 15.5 Å². The molecule has 2 rings (SSSR count). The Kier molecular flexibility index (Phi) is 5.60. The molecule has 1 aliphatic heterocycles. The van der Waals surface area contributed by atoms with Crippen LogP contribution in [0.3, 0.4) is 0 Å². The van der Waals surface area contributed by atoms with Crippen LogP contribution in [0.4, 0.5) is 5.95 Å². The van der Waals surface area contributed by atoms with E-state index in [0.717, 1.165) is 39.0 Å². The molecule has 1 fully saturated rings. The summed E-state index contributed by atoms with van der Waals surface area (Å²) in [6, 6.07) is 0. The molecule has 0 unspecified atom stereocenters. The number of nitrogens with zero attached hydrogens (tertiary/aromatic N) is 3. The summed E-state index contributed by atoms with van der Waals surface area (Å²) in [6.07, 6.45) is 3.26. The summed E-state index contributed by atoms with van der Waals surface area (Å²) in [5.41, 5.74) is 0. The Bertz CT molecular complexity index is 359. The van der Waals surface area contributed by atoms with Crippen molar-refractivity contribution >= 4 is 5.95 Å². The molecule has 0 spiro atoms. The lowest BCUT2D eigenvalue weighted by Crippen LogP contribution is -2.32. The summed E-state index contributed by atoms with van der Waals surface area (Å²) >= 11 is 0. The lowest BCUT2D eigenvalue weighted by Gasteiger charge is -2.22. The maximum absolute atomic E-state index is 5.83. The van der Waals surface area contributed by atoms with Crippen LogP contribution in [0, 0.1) is 0 Å². The topological polar surface area (TPSA) is 63.4 Å². The largest absolute Gasteiger partial charge is 0.378 e. The minimum absolute atomic E-state index is 0.381. The molecule has 0 atom stereocenters. The Balaban J connectivity index is 1.73. The van der Waals surface area contributed by atoms with Gasteiger partial charge in [0.05, 0.1) is 19.1 Å². The summed E-state index contributed by atoms with van der Waals surface area (Å²) in [5.74, 6) is 1.35. The zero-order valence-corrected chi connectivity index (χ0v) is 11.9. The monoisotopic (exact) mass is 268 g/mol. The molecule has 0 amide bonds. The SMILES string of the molecule is CCN(CC)c1noc(CCOC2CCNCC2)n1. The normalized spacial score (nSPS) is 16.7. The van der Waals surface area contributed by atoms with Crippen molar-refractivity contribution in [2.45, 2.75) is 39.2 Å². The Morgan fingerprint density at radius 3 is 2.74 bits per heavy atom. The van der Waals surface area contributed by atoms with Crippen molar-refractivity contribution in [2.24, 2.45) is 0 Å². The molecule has 1 aromatic heterocycles. The fraction of sp³-hybridized carbons (Fsp3) is 0.846. The Labute approximate surface area is 114 Å². The zero-order chi connectivity index (χ0) is 13.5. The number of aromatic nitrogens is 2. The third-order valence-corrected chi connectivity index (χ3v) is 3.46. The quantitative estimate of drug-likeness (QED) is 0.802. The van der Waals surface area contributed by atoms with Crippen molar-refractivity contribution in [3.8, 4) is 0 Å². The van der Waals surface area contributed by atoms with E-state index in [0.29, 0.717) is 31.0 Å². The minimum atomic E-state index is 0.381. The van der Waals surface area contributed by atoms with E-state index in [1.165, 1.54) is 0 Å². The first-order valence-corrected chi connectivity index (χ1v) is 7.23. The van der Waals surface area contributed by atoms with Crippen molar-refractivity contribution in [2.75, 3.05) is 37.7 Å². The molecule has 0 saturated carbocycles. The first kappa shape index (κ1) is 14.3. The van der Waals surface area contributed by atoms with E-state index < -0.39 is 0 Å². The smallest absolute Gasteiger partial charge is 0.266 e. The van der Waals surface area contributed by atoms with Crippen LogP contribution < -0.4 is 10.2 Å². The van der Waals surface area contributed by atoms with E-state index in [9.17, 15) is 0 Å². The molecule has 1 saturated heterocycles. The van der Waals surface area contributed by atoms with Gasteiger partial charge < -0.3 is 19.5 Å². The molecular weight excluding hydrogens is 244 g/mol. The van der Waals surface area contributed by atoms with Gasteiger partial charge in [0, 0.05) is 13.1 Å². The zero-order valence-electron chi connectivity index (χ0n) is 11.9. The van der Waals surface area contributed by atoms with Gasteiger partial charge in [0.2, 0.25) is 5.89 Å². The summed E-state index contributed by atoms with van der Waals surface area (Å²) in [7, 11) is 0. The van der Waals surface area contributed by atoms with Crippen LogP contribution in [0.15, 0.2) is 4.52 Å². The molecule has 6 nitrogen and oxygen atoms in total. The van der Waals surface area contributed by atoms with E-state index in [-0.39, 0.29) is 0 Å². The maximum atomic E-state index is 5.83. The van der Waals surface area contributed by atoms with E-state index in [1.54, 1.807) is 0 Å². The van der Waals surface area contributed by atoms with Gasteiger partial charge in [-0.25, -0.2) is 0 Å². The second kappa shape index (κ2) is 7.45. The summed E-state index contributed by atoms with van der Waals surface area (Å²) in [6.45, 7) is 8.71. The first-order chi connectivity index (χ1) is 9.33.